The van der Waals surface area contributed by atoms with Crippen LogP contribution in [0, 0.1) is 5.92 Å². The van der Waals surface area contributed by atoms with Gasteiger partial charge in [-0.3, -0.25) is 4.79 Å². The van der Waals surface area contributed by atoms with E-state index in [2.05, 4.69) is 19.2 Å². The fourth-order valence-corrected chi connectivity index (χ4v) is 5.09. The smallest absolute Gasteiger partial charge is 0.224 e. The van der Waals surface area contributed by atoms with Crippen molar-refractivity contribution >= 4 is 15.9 Å². The Morgan fingerprint density at radius 2 is 2.00 bits per heavy atom. The molecule has 1 amide bonds. The van der Waals surface area contributed by atoms with Gasteiger partial charge in [-0.25, -0.2) is 12.7 Å². The highest BCUT2D eigenvalue weighted by Gasteiger charge is 2.40. The van der Waals surface area contributed by atoms with E-state index in [9.17, 15) is 13.2 Å². The lowest BCUT2D eigenvalue weighted by molar-refractivity contribution is -0.127. The first-order chi connectivity index (χ1) is 12.8. The molecule has 27 heavy (non-hydrogen) atoms. The summed E-state index contributed by atoms with van der Waals surface area (Å²) in [5, 5.41) is 3.20. The Labute approximate surface area is 162 Å². The van der Waals surface area contributed by atoms with Gasteiger partial charge in [-0.1, -0.05) is 32.0 Å². The molecule has 0 saturated carbocycles. The molecule has 1 aromatic carbocycles. The largest absolute Gasteiger partial charge is 0.487 e. The normalized spacial score (nSPS) is 25.3. The molecule has 1 fully saturated rings. The van der Waals surface area contributed by atoms with Gasteiger partial charge in [-0.2, -0.15) is 0 Å². The van der Waals surface area contributed by atoms with E-state index in [0.29, 0.717) is 13.0 Å². The maximum atomic E-state index is 13.0. The summed E-state index contributed by atoms with van der Waals surface area (Å²) in [5.41, 5.74) is 0.719. The number of hydrogen-bond donors (Lipinski definition) is 1. The maximum absolute atomic E-state index is 13.0. The first-order valence-electron chi connectivity index (χ1n) is 9.81. The van der Waals surface area contributed by atoms with Crippen molar-refractivity contribution in [3.63, 3.8) is 0 Å². The van der Waals surface area contributed by atoms with E-state index in [1.807, 2.05) is 24.3 Å². The Kier molecular flexibility index (Phi) is 5.82. The Morgan fingerprint density at radius 3 is 2.67 bits per heavy atom. The van der Waals surface area contributed by atoms with E-state index < -0.39 is 10.0 Å². The first-order valence-corrected chi connectivity index (χ1v) is 11.7. The molecule has 1 saturated heterocycles. The van der Waals surface area contributed by atoms with Crippen molar-refractivity contribution in [2.75, 3.05) is 19.3 Å². The third-order valence-electron chi connectivity index (χ3n) is 6.03. The van der Waals surface area contributed by atoms with Crippen LogP contribution < -0.4 is 10.1 Å². The number of carbonyl (C=O) groups is 1. The lowest BCUT2D eigenvalue weighted by Crippen LogP contribution is -2.48. The van der Waals surface area contributed by atoms with Gasteiger partial charge < -0.3 is 10.1 Å². The molecule has 2 aliphatic heterocycles. The molecular formula is C20H30N2O4S. The summed E-state index contributed by atoms with van der Waals surface area (Å²) in [6.45, 7) is 4.99. The second-order valence-corrected chi connectivity index (χ2v) is 9.74. The van der Waals surface area contributed by atoms with Crippen molar-refractivity contribution in [2.24, 2.45) is 5.92 Å². The number of nitrogens with zero attached hydrogens (tertiary/aromatic N) is 1. The minimum Gasteiger partial charge on any atom is -0.487 e. The Bertz CT molecular complexity index is 789. The number of rotatable bonds is 5. The Balaban J connectivity index is 1.78. The number of piperidine rings is 1. The first kappa shape index (κ1) is 20.1. The van der Waals surface area contributed by atoms with Crippen molar-refractivity contribution in [3.05, 3.63) is 29.8 Å². The highest BCUT2D eigenvalue weighted by molar-refractivity contribution is 7.88. The number of sulfonamides is 1. The molecule has 0 radical (unpaired) electrons. The van der Waals surface area contributed by atoms with Crippen LogP contribution in [0.15, 0.2) is 24.3 Å². The SMILES string of the molecule is CCC1(CC)C[C@@H](NC(=O)[C@@H]2CCCN(S(C)(=O)=O)C2)c2ccccc2O1. The summed E-state index contributed by atoms with van der Waals surface area (Å²) in [4.78, 5) is 13.0. The molecule has 1 aromatic rings. The van der Waals surface area contributed by atoms with Crippen LogP contribution >= 0.6 is 0 Å². The van der Waals surface area contributed by atoms with Gasteiger partial charge in [-0.05, 0) is 31.7 Å². The highest BCUT2D eigenvalue weighted by Crippen LogP contribution is 2.42. The number of carbonyl (C=O) groups excluding carboxylic acids is 1. The summed E-state index contributed by atoms with van der Waals surface area (Å²) in [5.74, 6) is 0.464. The number of benzene rings is 1. The third-order valence-corrected chi connectivity index (χ3v) is 7.30. The molecule has 6 nitrogen and oxygen atoms in total. The molecule has 3 rings (SSSR count). The minimum absolute atomic E-state index is 0.0637. The standard InChI is InChI=1S/C20H30N2O4S/c1-4-20(5-2)13-17(16-10-6-7-11-18(16)26-20)21-19(23)15-9-8-12-22(14-15)27(3,24)25/h6-7,10-11,15,17H,4-5,8-9,12-14H2,1-3H3,(H,21,23)/t15-,17-/m1/s1. The van der Waals surface area contributed by atoms with Crippen LogP contribution in [-0.4, -0.2) is 43.6 Å². The van der Waals surface area contributed by atoms with Crippen molar-refractivity contribution < 1.29 is 17.9 Å². The predicted octanol–water partition coefficient (Wildman–Crippen LogP) is 2.86. The molecule has 150 valence electrons. The highest BCUT2D eigenvalue weighted by atomic mass is 32.2. The van der Waals surface area contributed by atoms with Gasteiger partial charge in [0.25, 0.3) is 0 Å². The third kappa shape index (κ3) is 4.29. The maximum Gasteiger partial charge on any atom is 0.224 e. The predicted molar refractivity (Wildman–Crippen MR) is 105 cm³/mol. The van der Waals surface area contributed by atoms with E-state index in [1.54, 1.807) is 0 Å². The van der Waals surface area contributed by atoms with Crippen LogP contribution in [0.5, 0.6) is 5.75 Å². The van der Waals surface area contributed by atoms with Gasteiger partial charge >= 0.3 is 0 Å². The van der Waals surface area contributed by atoms with Crippen LogP contribution in [0.1, 0.15) is 57.6 Å². The topological polar surface area (TPSA) is 75.7 Å². The molecule has 2 aliphatic rings. The van der Waals surface area contributed by atoms with E-state index in [1.165, 1.54) is 10.6 Å². The minimum atomic E-state index is -3.27. The molecular weight excluding hydrogens is 364 g/mol. The number of hydrogen-bond acceptors (Lipinski definition) is 4. The number of amides is 1. The fraction of sp³-hybridized carbons (Fsp3) is 0.650. The quantitative estimate of drug-likeness (QED) is 0.833. The molecule has 0 spiro atoms. The summed E-state index contributed by atoms with van der Waals surface area (Å²) < 4.78 is 31.4. The van der Waals surface area contributed by atoms with Crippen molar-refractivity contribution in [3.8, 4) is 5.75 Å². The Morgan fingerprint density at radius 1 is 1.30 bits per heavy atom. The van der Waals surface area contributed by atoms with Crippen LogP contribution in [-0.2, 0) is 14.8 Å². The summed E-state index contributed by atoms with van der Waals surface area (Å²) >= 11 is 0. The van der Waals surface area contributed by atoms with Crippen molar-refractivity contribution in [1.29, 1.82) is 0 Å². The number of nitrogens with one attached hydrogen (secondary N) is 1. The van der Waals surface area contributed by atoms with E-state index in [4.69, 9.17) is 4.74 Å². The monoisotopic (exact) mass is 394 g/mol. The van der Waals surface area contributed by atoms with Crippen LogP contribution in [0.25, 0.3) is 0 Å². The molecule has 0 aliphatic carbocycles. The lowest BCUT2D eigenvalue weighted by Gasteiger charge is -2.42. The second-order valence-electron chi connectivity index (χ2n) is 7.76. The number of para-hydroxylation sites is 1. The molecule has 1 N–H and O–H groups in total. The van der Waals surface area contributed by atoms with Crippen LogP contribution in [0.2, 0.25) is 0 Å². The van der Waals surface area contributed by atoms with Crippen LogP contribution in [0.3, 0.4) is 0 Å². The molecule has 0 bridgehead atoms. The van der Waals surface area contributed by atoms with E-state index >= 15 is 0 Å². The Hall–Kier alpha value is -1.60. The second kappa shape index (κ2) is 7.80. The van der Waals surface area contributed by atoms with E-state index in [-0.39, 0.29) is 30.0 Å². The van der Waals surface area contributed by atoms with Gasteiger partial charge in [0, 0.05) is 25.1 Å². The average molecular weight is 395 g/mol. The summed E-state index contributed by atoms with van der Waals surface area (Å²) in [6, 6.07) is 7.75. The van der Waals surface area contributed by atoms with Gasteiger partial charge in [0.15, 0.2) is 0 Å². The zero-order chi connectivity index (χ0) is 19.7. The molecule has 0 aromatic heterocycles. The van der Waals surface area contributed by atoms with Crippen molar-refractivity contribution in [1.82, 2.24) is 9.62 Å². The van der Waals surface area contributed by atoms with Gasteiger partial charge in [0.05, 0.1) is 18.2 Å². The van der Waals surface area contributed by atoms with Gasteiger partial charge in [-0.15, -0.1) is 0 Å². The number of ether oxygens (including phenoxy) is 1. The summed E-state index contributed by atoms with van der Waals surface area (Å²) in [6.07, 6.45) is 5.11. The molecule has 2 atom stereocenters. The number of fused-ring (bicyclic) bond motifs is 1. The van der Waals surface area contributed by atoms with Crippen LogP contribution in [0.4, 0.5) is 0 Å². The average Bonchev–Trinajstić information content (AvgIpc) is 2.67. The molecule has 7 heteroatoms. The van der Waals surface area contributed by atoms with E-state index in [0.717, 1.165) is 37.0 Å². The molecule has 0 unspecified atom stereocenters. The van der Waals surface area contributed by atoms with Gasteiger partial charge in [0.2, 0.25) is 15.9 Å². The molecule has 2 heterocycles. The lowest BCUT2D eigenvalue weighted by atomic mass is 9.83. The van der Waals surface area contributed by atoms with Gasteiger partial charge in [0.1, 0.15) is 11.4 Å². The summed E-state index contributed by atoms with van der Waals surface area (Å²) in [7, 11) is -3.27. The fourth-order valence-electron chi connectivity index (χ4n) is 4.18. The zero-order valence-corrected chi connectivity index (χ0v) is 17.2. The van der Waals surface area contributed by atoms with Crippen molar-refractivity contribution in [2.45, 2.75) is 57.6 Å². The zero-order valence-electron chi connectivity index (χ0n) is 16.4.